The van der Waals surface area contributed by atoms with Gasteiger partial charge in [0.15, 0.2) is 0 Å². The third-order valence-corrected chi connectivity index (χ3v) is 3.99. The van der Waals surface area contributed by atoms with Crippen LogP contribution in [0.25, 0.3) is 0 Å². The summed E-state index contributed by atoms with van der Waals surface area (Å²) in [6, 6.07) is 4.60. The van der Waals surface area contributed by atoms with E-state index in [1.54, 1.807) is 19.1 Å². The summed E-state index contributed by atoms with van der Waals surface area (Å²) in [6.07, 6.45) is 0. The fourth-order valence-electron chi connectivity index (χ4n) is 2.02. The van der Waals surface area contributed by atoms with E-state index in [-0.39, 0.29) is 11.7 Å². The van der Waals surface area contributed by atoms with Crippen LogP contribution in [-0.4, -0.2) is 17.4 Å². The Morgan fingerprint density at radius 3 is 2.65 bits per heavy atom. The van der Waals surface area contributed by atoms with E-state index in [1.807, 2.05) is 0 Å². The van der Waals surface area contributed by atoms with Gasteiger partial charge in [0, 0.05) is 5.92 Å². The summed E-state index contributed by atoms with van der Waals surface area (Å²) < 4.78 is 16.6. The van der Waals surface area contributed by atoms with Crippen LogP contribution in [0, 0.1) is 18.7 Å². The van der Waals surface area contributed by atoms with Crippen molar-refractivity contribution >= 4 is 29.2 Å². The van der Waals surface area contributed by atoms with Crippen LogP contribution >= 0.6 is 23.2 Å². The SMILES string of the molecule is COC(=O)[C@@H]1[C@@H](c2ccc(F)c(C)c2)C1(Cl)Cl. The number of ether oxygens (including phenoxy) is 1. The maximum atomic E-state index is 13.1. The Kier molecular flexibility index (Phi) is 3.08. The number of esters is 1. The number of hydrogen-bond donors (Lipinski definition) is 0. The van der Waals surface area contributed by atoms with Gasteiger partial charge in [-0.05, 0) is 24.1 Å². The predicted molar refractivity (Wildman–Crippen MR) is 63.8 cm³/mol. The van der Waals surface area contributed by atoms with Gasteiger partial charge < -0.3 is 4.74 Å². The van der Waals surface area contributed by atoms with Gasteiger partial charge in [-0.15, -0.1) is 0 Å². The van der Waals surface area contributed by atoms with E-state index in [4.69, 9.17) is 23.2 Å². The highest BCUT2D eigenvalue weighted by Crippen LogP contribution is 2.65. The lowest BCUT2D eigenvalue weighted by Crippen LogP contribution is -2.07. The quantitative estimate of drug-likeness (QED) is 0.613. The number of halogens is 3. The van der Waals surface area contributed by atoms with Crippen LogP contribution in [0.3, 0.4) is 0 Å². The van der Waals surface area contributed by atoms with Crippen molar-refractivity contribution in [3.8, 4) is 0 Å². The summed E-state index contributed by atoms with van der Waals surface area (Å²) in [5, 5.41) is 0. The second kappa shape index (κ2) is 4.14. The number of methoxy groups -OCH3 is 1. The third-order valence-electron chi connectivity index (χ3n) is 3.05. The Labute approximate surface area is 109 Å². The van der Waals surface area contributed by atoms with Crippen molar-refractivity contribution in [3.63, 3.8) is 0 Å². The number of rotatable bonds is 2. The van der Waals surface area contributed by atoms with Crippen molar-refractivity contribution in [3.05, 3.63) is 35.1 Å². The lowest BCUT2D eigenvalue weighted by atomic mass is 10.1. The molecule has 1 aliphatic rings. The van der Waals surface area contributed by atoms with E-state index in [0.717, 1.165) is 5.56 Å². The molecule has 1 aliphatic carbocycles. The molecule has 2 rings (SSSR count). The van der Waals surface area contributed by atoms with Crippen molar-refractivity contribution in [2.45, 2.75) is 17.2 Å². The van der Waals surface area contributed by atoms with Crippen molar-refractivity contribution in [2.24, 2.45) is 5.92 Å². The molecule has 1 fully saturated rings. The van der Waals surface area contributed by atoms with Gasteiger partial charge >= 0.3 is 5.97 Å². The van der Waals surface area contributed by atoms with Gasteiger partial charge in [-0.25, -0.2) is 4.39 Å². The Balaban J connectivity index is 2.30. The first-order valence-corrected chi connectivity index (χ1v) is 5.87. The lowest BCUT2D eigenvalue weighted by Gasteiger charge is -2.02. The van der Waals surface area contributed by atoms with E-state index in [1.165, 1.54) is 13.2 Å². The third kappa shape index (κ3) is 2.02. The smallest absolute Gasteiger partial charge is 0.312 e. The average molecular weight is 277 g/mol. The molecule has 17 heavy (non-hydrogen) atoms. The van der Waals surface area contributed by atoms with Gasteiger partial charge in [-0.1, -0.05) is 35.3 Å². The minimum absolute atomic E-state index is 0.293. The van der Waals surface area contributed by atoms with Gasteiger partial charge in [-0.2, -0.15) is 0 Å². The molecule has 0 bridgehead atoms. The minimum Gasteiger partial charge on any atom is -0.469 e. The average Bonchev–Trinajstić information content (AvgIpc) is 2.84. The number of carbonyl (C=O) groups excluding carboxylic acids is 1. The topological polar surface area (TPSA) is 26.3 Å². The molecule has 0 spiro atoms. The lowest BCUT2D eigenvalue weighted by molar-refractivity contribution is -0.142. The molecule has 1 saturated carbocycles. The van der Waals surface area contributed by atoms with Crippen molar-refractivity contribution in [2.75, 3.05) is 7.11 Å². The summed E-state index contributed by atoms with van der Waals surface area (Å²) in [4.78, 5) is 11.5. The first kappa shape index (κ1) is 12.7. The fraction of sp³-hybridized carbons (Fsp3) is 0.417. The van der Waals surface area contributed by atoms with E-state index >= 15 is 0 Å². The second-order valence-corrected chi connectivity index (χ2v) is 5.61. The molecule has 1 aromatic rings. The molecule has 0 N–H and O–H groups in total. The number of benzene rings is 1. The Morgan fingerprint density at radius 2 is 2.12 bits per heavy atom. The monoisotopic (exact) mass is 276 g/mol. The standard InChI is InChI=1S/C12H11Cl2FO2/c1-6-5-7(3-4-8(6)15)9-10(11(16)17-2)12(9,13)14/h3-5,9-10H,1-2H3/t9-,10+/m1/s1. The zero-order chi connectivity index (χ0) is 12.8. The van der Waals surface area contributed by atoms with Crippen molar-refractivity contribution in [1.29, 1.82) is 0 Å². The Hall–Kier alpha value is -0.800. The van der Waals surface area contributed by atoms with Crippen LogP contribution in [0.2, 0.25) is 0 Å². The minimum atomic E-state index is -1.16. The summed E-state index contributed by atoms with van der Waals surface area (Å²) in [7, 11) is 1.29. The first-order valence-electron chi connectivity index (χ1n) is 5.11. The van der Waals surface area contributed by atoms with Gasteiger partial charge in [0.05, 0.1) is 7.11 Å². The largest absolute Gasteiger partial charge is 0.469 e. The van der Waals surface area contributed by atoms with Gasteiger partial charge in [-0.3, -0.25) is 4.79 Å². The van der Waals surface area contributed by atoms with Crippen LogP contribution < -0.4 is 0 Å². The van der Waals surface area contributed by atoms with E-state index in [0.29, 0.717) is 5.56 Å². The van der Waals surface area contributed by atoms with E-state index in [9.17, 15) is 9.18 Å². The zero-order valence-corrected chi connectivity index (χ0v) is 10.8. The van der Waals surface area contributed by atoms with Crippen molar-refractivity contribution < 1.29 is 13.9 Å². The molecular formula is C12H11Cl2FO2. The molecule has 5 heteroatoms. The first-order chi connectivity index (χ1) is 7.89. The van der Waals surface area contributed by atoms with Gasteiger partial charge in [0.1, 0.15) is 16.1 Å². The molecule has 0 amide bonds. The maximum absolute atomic E-state index is 13.1. The number of aryl methyl sites for hydroxylation is 1. The molecule has 2 nitrogen and oxygen atoms in total. The zero-order valence-electron chi connectivity index (χ0n) is 9.34. The number of alkyl halides is 2. The van der Waals surface area contributed by atoms with Crippen LogP contribution in [0.1, 0.15) is 17.0 Å². The van der Waals surface area contributed by atoms with E-state index in [2.05, 4.69) is 4.74 Å². The molecule has 0 radical (unpaired) electrons. The molecule has 0 heterocycles. The molecule has 0 aromatic heterocycles. The maximum Gasteiger partial charge on any atom is 0.312 e. The normalized spacial score (nSPS) is 25.5. The number of hydrogen-bond acceptors (Lipinski definition) is 2. The van der Waals surface area contributed by atoms with Crippen molar-refractivity contribution in [1.82, 2.24) is 0 Å². The summed E-state index contributed by atoms with van der Waals surface area (Å²) in [6.45, 7) is 1.65. The highest BCUT2D eigenvalue weighted by atomic mass is 35.5. The molecule has 0 aliphatic heterocycles. The van der Waals surface area contributed by atoms with Crippen LogP contribution in [0.5, 0.6) is 0 Å². The fourth-order valence-corrected chi connectivity index (χ4v) is 2.83. The molecule has 0 saturated heterocycles. The molecule has 0 unspecified atom stereocenters. The van der Waals surface area contributed by atoms with Crippen LogP contribution in [0.15, 0.2) is 18.2 Å². The number of carbonyl (C=O) groups is 1. The highest BCUT2D eigenvalue weighted by molar-refractivity contribution is 6.53. The summed E-state index contributed by atoms with van der Waals surface area (Å²) >= 11 is 12.1. The Bertz CT molecular complexity index is 474. The van der Waals surface area contributed by atoms with E-state index < -0.39 is 16.2 Å². The summed E-state index contributed by atoms with van der Waals surface area (Å²) in [5.74, 6) is -1.65. The molecule has 1 aromatic carbocycles. The highest BCUT2D eigenvalue weighted by Gasteiger charge is 2.68. The molecular weight excluding hydrogens is 266 g/mol. The summed E-state index contributed by atoms with van der Waals surface area (Å²) in [5.41, 5.74) is 1.26. The second-order valence-electron chi connectivity index (χ2n) is 4.16. The van der Waals surface area contributed by atoms with Crippen LogP contribution in [0.4, 0.5) is 4.39 Å². The van der Waals surface area contributed by atoms with Crippen LogP contribution in [-0.2, 0) is 9.53 Å². The Morgan fingerprint density at radius 1 is 1.47 bits per heavy atom. The predicted octanol–water partition coefficient (Wildman–Crippen LogP) is 3.19. The van der Waals surface area contributed by atoms with Gasteiger partial charge in [0.25, 0.3) is 0 Å². The van der Waals surface area contributed by atoms with Gasteiger partial charge in [0.2, 0.25) is 0 Å². The molecule has 92 valence electrons. The molecule has 2 atom stereocenters.